The Morgan fingerprint density at radius 1 is 1.38 bits per heavy atom. The molecule has 4 heterocycles. The van der Waals surface area contributed by atoms with Gasteiger partial charge in [-0.15, -0.1) is 0 Å². The van der Waals surface area contributed by atoms with Crippen LogP contribution in [0, 0.1) is 0 Å². The molecule has 122 valence electrons. The van der Waals surface area contributed by atoms with Crippen LogP contribution < -0.4 is 5.32 Å². The molecule has 0 spiro atoms. The van der Waals surface area contributed by atoms with Crippen molar-refractivity contribution in [3.63, 3.8) is 0 Å². The molecular formula is C17H18N6O. The Hall–Kier alpha value is -2.96. The third kappa shape index (κ3) is 2.47. The van der Waals surface area contributed by atoms with Crippen molar-refractivity contribution in [1.29, 1.82) is 0 Å². The average molecular weight is 322 g/mol. The maximum atomic E-state index is 12.5. The molecule has 1 atom stereocenters. The van der Waals surface area contributed by atoms with Gasteiger partial charge < -0.3 is 14.6 Å². The Labute approximate surface area is 139 Å². The van der Waals surface area contributed by atoms with Crippen molar-refractivity contribution < 1.29 is 4.79 Å². The number of nitrogens with zero attached hydrogens (tertiary/aromatic N) is 5. The van der Waals surface area contributed by atoms with E-state index in [4.69, 9.17) is 4.98 Å². The fourth-order valence-corrected chi connectivity index (χ4v) is 3.20. The number of rotatable bonds is 3. The summed E-state index contributed by atoms with van der Waals surface area (Å²) < 4.78 is 2.07. The third-order valence-electron chi connectivity index (χ3n) is 4.45. The van der Waals surface area contributed by atoms with Crippen LogP contribution in [0.15, 0.2) is 43.1 Å². The maximum Gasteiger partial charge on any atom is 0.274 e. The van der Waals surface area contributed by atoms with Crippen molar-refractivity contribution in [2.45, 2.75) is 12.3 Å². The van der Waals surface area contributed by atoms with Gasteiger partial charge in [-0.25, -0.2) is 9.97 Å². The van der Waals surface area contributed by atoms with Crippen molar-refractivity contribution in [1.82, 2.24) is 24.3 Å². The quantitative estimate of drug-likeness (QED) is 0.796. The summed E-state index contributed by atoms with van der Waals surface area (Å²) >= 11 is 0. The molecule has 1 aliphatic rings. The summed E-state index contributed by atoms with van der Waals surface area (Å²) in [6.45, 7) is 1.36. The van der Waals surface area contributed by atoms with E-state index in [-0.39, 0.29) is 11.8 Å². The van der Waals surface area contributed by atoms with Crippen molar-refractivity contribution >= 4 is 17.2 Å². The molecular weight excluding hydrogens is 304 g/mol. The predicted molar refractivity (Wildman–Crippen MR) is 90.0 cm³/mol. The molecule has 4 rings (SSSR count). The van der Waals surface area contributed by atoms with Gasteiger partial charge >= 0.3 is 0 Å². The number of nitrogens with one attached hydrogen (secondary N) is 1. The number of amides is 1. The first-order chi connectivity index (χ1) is 11.8. The second-order valence-electron chi connectivity index (χ2n) is 5.89. The van der Waals surface area contributed by atoms with E-state index in [1.54, 1.807) is 12.4 Å². The first kappa shape index (κ1) is 14.6. The molecule has 0 aliphatic carbocycles. The number of carbonyl (C=O) groups excluding carboxylic acids is 1. The second-order valence-corrected chi connectivity index (χ2v) is 5.89. The summed E-state index contributed by atoms with van der Waals surface area (Å²) in [5.74, 6) is 1.02. The molecule has 1 amide bonds. The van der Waals surface area contributed by atoms with Crippen molar-refractivity contribution in [2.24, 2.45) is 0 Å². The minimum atomic E-state index is -0.0681. The smallest absolute Gasteiger partial charge is 0.274 e. The zero-order valence-corrected chi connectivity index (χ0v) is 13.4. The highest BCUT2D eigenvalue weighted by atomic mass is 16.2. The lowest BCUT2D eigenvalue weighted by Crippen LogP contribution is -2.29. The van der Waals surface area contributed by atoms with Gasteiger partial charge in [0.05, 0.1) is 17.4 Å². The monoisotopic (exact) mass is 322 g/mol. The number of anilines is 1. The molecule has 1 N–H and O–H groups in total. The number of likely N-dealkylation sites (tertiary alicyclic amines) is 1. The van der Waals surface area contributed by atoms with E-state index in [9.17, 15) is 4.79 Å². The van der Waals surface area contributed by atoms with E-state index in [1.165, 1.54) is 6.20 Å². The standard InChI is InChI=1S/C17H18N6O/c1-18-16-15-3-2-7-22(15)11-14(21-16)12-4-8-23(10-12)17(24)13-9-19-5-6-20-13/h2-3,5-7,9,11-12H,4,8,10H2,1H3,(H,18,21). The van der Waals surface area contributed by atoms with Gasteiger partial charge in [0.1, 0.15) is 11.5 Å². The highest BCUT2D eigenvalue weighted by Crippen LogP contribution is 2.28. The fourth-order valence-electron chi connectivity index (χ4n) is 3.20. The van der Waals surface area contributed by atoms with Crippen molar-refractivity contribution in [3.05, 3.63) is 54.5 Å². The van der Waals surface area contributed by atoms with Gasteiger partial charge in [-0.3, -0.25) is 9.78 Å². The molecule has 0 bridgehead atoms. The Bertz CT molecular complexity index is 875. The average Bonchev–Trinajstić information content (AvgIpc) is 3.30. The molecule has 3 aromatic rings. The molecule has 0 radical (unpaired) electrons. The molecule has 7 nitrogen and oxygen atoms in total. The van der Waals surface area contributed by atoms with Crippen LogP contribution in [-0.2, 0) is 0 Å². The van der Waals surface area contributed by atoms with Crippen LogP contribution in [0.4, 0.5) is 5.82 Å². The fraction of sp³-hybridized carbons (Fsp3) is 0.294. The van der Waals surface area contributed by atoms with E-state index < -0.39 is 0 Å². The normalized spacial score (nSPS) is 17.4. The molecule has 3 aromatic heterocycles. The summed E-state index contributed by atoms with van der Waals surface area (Å²) in [7, 11) is 1.87. The van der Waals surface area contributed by atoms with E-state index in [0.29, 0.717) is 18.8 Å². The summed E-state index contributed by atoms with van der Waals surface area (Å²) in [6.07, 6.45) is 9.59. The van der Waals surface area contributed by atoms with E-state index in [2.05, 4.69) is 25.9 Å². The van der Waals surface area contributed by atoms with Gasteiger partial charge in [-0.2, -0.15) is 0 Å². The second kappa shape index (κ2) is 5.92. The molecule has 1 unspecified atom stereocenters. The molecule has 1 saturated heterocycles. The topological polar surface area (TPSA) is 75.4 Å². The van der Waals surface area contributed by atoms with Crippen LogP contribution >= 0.6 is 0 Å². The first-order valence-electron chi connectivity index (χ1n) is 7.97. The summed E-state index contributed by atoms with van der Waals surface area (Å²) in [6, 6.07) is 4.03. The van der Waals surface area contributed by atoms with Gasteiger partial charge in [0.25, 0.3) is 5.91 Å². The van der Waals surface area contributed by atoms with E-state index in [1.807, 2.05) is 30.3 Å². The number of carbonyl (C=O) groups is 1. The Kier molecular flexibility index (Phi) is 3.60. The minimum Gasteiger partial charge on any atom is -0.371 e. The molecule has 1 aliphatic heterocycles. The largest absolute Gasteiger partial charge is 0.371 e. The lowest BCUT2D eigenvalue weighted by molar-refractivity contribution is 0.0784. The van der Waals surface area contributed by atoms with Crippen LogP contribution in [0.2, 0.25) is 0 Å². The Balaban J connectivity index is 1.58. The molecule has 1 fully saturated rings. The number of aromatic nitrogens is 4. The van der Waals surface area contributed by atoms with Gasteiger partial charge in [-0.05, 0) is 18.6 Å². The highest BCUT2D eigenvalue weighted by Gasteiger charge is 2.30. The number of hydrogen-bond donors (Lipinski definition) is 1. The molecule has 0 saturated carbocycles. The van der Waals surface area contributed by atoms with Crippen molar-refractivity contribution in [3.8, 4) is 0 Å². The van der Waals surface area contributed by atoms with Gasteiger partial charge in [0.2, 0.25) is 0 Å². The summed E-state index contributed by atoms with van der Waals surface area (Å²) in [5, 5.41) is 3.15. The van der Waals surface area contributed by atoms with Crippen LogP contribution in [0.1, 0.15) is 28.5 Å². The lowest BCUT2D eigenvalue weighted by atomic mass is 10.1. The van der Waals surface area contributed by atoms with Crippen molar-refractivity contribution in [2.75, 3.05) is 25.5 Å². The van der Waals surface area contributed by atoms with Crippen LogP contribution in [0.5, 0.6) is 0 Å². The minimum absolute atomic E-state index is 0.0681. The summed E-state index contributed by atoms with van der Waals surface area (Å²) in [5.41, 5.74) is 2.44. The Morgan fingerprint density at radius 3 is 3.08 bits per heavy atom. The molecule has 0 aromatic carbocycles. The first-order valence-corrected chi connectivity index (χ1v) is 7.97. The predicted octanol–water partition coefficient (Wildman–Crippen LogP) is 1.80. The SMILES string of the molecule is CNc1nc(C2CCN(C(=O)c3cnccn3)C2)cn2cccc12. The maximum absolute atomic E-state index is 12.5. The third-order valence-corrected chi connectivity index (χ3v) is 4.45. The zero-order valence-electron chi connectivity index (χ0n) is 13.4. The molecule has 24 heavy (non-hydrogen) atoms. The van der Waals surface area contributed by atoms with Crippen LogP contribution in [0.25, 0.3) is 5.52 Å². The highest BCUT2D eigenvalue weighted by molar-refractivity contribution is 5.92. The van der Waals surface area contributed by atoms with E-state index >= 15 is 0 Å². The zero-order chi connectivity index (χ0) is 16.5. The van der Waals surface area contributed by atoms with Crippen LogP contribution in [-0.4, -0.2) is 50.3 Å². The van der Waals surface area contributed by atoms with E-state index in [0.717, 1.165) is 23.4 Å². The van der Waals surface area contributed by atoms with Crippen LogP contribution in [0.3, 0.4) is 0 Å². The number of hydrogen-bond acceptors (Lipinski definition) is 5. The van der Waals surface area contributed by atoms with Gasteiger partial charge in [-0.1, -0.05) is 0 Å². The summed E-state index contributed by atoms with van der Waals surface area (Å²) in [4.78, 5) is 27.1. The lowest BCUT2D eigenvalue weighted by Gasteiger charge is -2.16. The van der Waals surface area contributed by atoms with Gasteiger partial charge in [0, 0.05) is 50.8 Å². The Morgan fingerprint density at radius 2 is 2.29 bits per heavy atom. The molecule has 7 heteroatoms. The number of fused-ring (bicyclic) bond motifs is 1. The van der Waals surface area contributed by atoms with Gasteiger partial charge in [0.15, 0.2) is 0 Å².